The first-order valence-electron chi connectivity index (χ1n) is 5.73. The van der Waals surface area contributed by atoms with Gasteiger partial charge in [0.2, 0.25) is 5.95 Å². The van der Waals surface area contributed by atoms with Crippen molar-refractivity contribution in [2.75, 3.05) is 0 Å². The number of imidazole rings is 1. The van der Waals surface area contributed by atoms with E-state index in [-0.39, 0.29) is 22.4 Å². The highest BCUT2D eigenvalue weighted by Crippen LogP contribution is 2.29. The molecule has 0 saturated carbocycles. The summed E-state index contributed by atoms with van der Waals surface area (Å²) in [6.07, 6.45) is 1.02. The number of ether oxygens (including phenoxy) is 1. The number of nitro groups is 1. The van der Waals surface area contributed by atoms with Gasteiger partial charge in [0.1, 0.15) is 5.02 Å². The average Bonchev–Trinajstić information content (AvgIpc) is 3.02. The molecule has 10 nitrogen and oxygen atoms in total. The number of nitro benzene ring substituents is 1. The third-order valence-corrected chi connectivity index (χ3v) is 3.02. The highest BCUT2D eigenvalue weighted by Gasteiger charge is 2.16. The molecule has 0 fully saturated rings. The molecule has 0 radical (unpaired) electrons. The molecule has 0 aliphatic heterocycles. The lowest BCUT2D eigenvalue weighted by atomic mass is 10.3. The van der Waals surface area contributed by atoms with Crippen LogP contribution in [0.3, 0.4) is 0 Å². The van der Waals surface area contributed by atoms with Gasteiger partial charge < -0.3 is 14.8 Å². The predicted octanol–water partition coefficient (Wildman–Crippen LogP) is 2.37. The largest absolute Gasteiger partial charge is 0.511 e. The molecule has 3 rings (SSSR count). The molecule has 1 aromatic carbocycles. The van der Waals surface area contributed by atoms with E-state index in [0.29, 0.717) is 11.0 Å². The highest BCUT2D eigenvalue weighted by molar-refractivity contribution is 6.33. The van der Waals surface area contributed by atoms with Crippen LogP contribution in [-0.4, -0.2) is 35.9 Å². The summed E-state index contributed by atoms with van der Waals surface area (Å²) in [5.74, 6) is 0.240. The number of aromatic nitrogens is 4. The van der Waals surface area contributed by atoms with Gasteiger partial charge in [0.15, 0.2) is 5.75 Å². The van der Waals surface area contributed by atoms with Gasteiger partial charge in [-0.05, 0) is 6.07 Å². The molecule has 0 spiro atoms. The van der Waals surface area contributed by atoms with Crippen LogP contribution in [0.15, 0.2) is 24.5 Å². The zero-order valence-electron chi connectivity index (χ0n) is 10.6. The van der Waals surface area contributed by atoms with Gasteiger partial charge in [-0.15, -0.1) is 0 Å². The number of carboxylic acid groups (broad SMARTS) is 1. The van der Waals surface area contributed by atoms with Gasteiger partial charge in [0, 0.05) is 6.07 Å². The summed E-state index contributed by atoms with van der Waals surface area (Å²) in [6, 6.07) is 2.61. The lowest BCUT2D eigenvalue weighted by molar-refractivity contribution is -0.384. The lowest BCUT2D eigenvalue weighted by Crippen LogP contribution is -2.02. The molecule has 22 heavy (non-hydrogen) atoms. The summed E-state index contributed by atoms with van der Waals surface area (Å²) < 4.78 is 5.68. The molecular weight excluding hydrogens is 318 g/mol. The SMILES string of the molecule is O=C(O)Oc1cnn(-c2nc3cc([N+](=O)[O-])c(Cl)cc3[nH]2)c1. The van der Waals surface area contributed by atoms with E-state index in [9.17, 15) is 14.9 Å². The maximum Gasteiger partial charge on any atom is 0.511 e. The van der Waals surface area contributed by atoms with Gasteiger partial charge >= 0.3 is 6.16 Å². The average molecular weight is 324 g/mol. The van der Waals surface area contributed by atoms with Crippen molar-refractivity contribution in [3.8, 4) is 11.7 Å². The second kappa shape index (κ2) is 5.00. The van der Waals surface area contributed by atoms with Crippen molar-refractivity contribution < 1.29 is 19.6 Å². The van der Waals surface area contributed by atoms with Crippen LogP contribution in [0.1, 0.15) is 0 Å². The van der Waals surface area contributed by atoms with E-state index in [4.69, 9.17) is 16.7 Å². The highest BCUT2D eigenvalue weighted by atomic mass is 35.5. The first-order chi connectivity index (χ1) is 10.4. The fourth-order valence-electron chi connectivity index (χ4n) is 1.83. The van der Waals surface area contributed by atoms with Gasteiger partial charge in [-0.1, -0.05) is 11.6 Å². The number of benzene rings is 1. The van der Waals surface area contributed by atoms with Crippen LogP contribution in [0, 0.1) is 10.1 Å². The number of H-pyrrole nitrogens is 1. The van der Waals surface area contributed by atoms with Crippen molar-refractivity contribution in [3.05, 3.63) is 39.7 Å². The Morgan fingerprint density at radius 2 is 2.27 bits per heavy atom. The van der Waals surface area contributed by atoms with Crippen LogP contribution >= 0.6 is 11.6 Å². The molecule has 0 amide bonds. The van der Waals surface area contributed by atoms with Crippen LogP contribution in [-0.2, 0) is 0 Å². The number of fused-ring (bicyclic) bond motifs is 1. The topological polar surface area (TPSA) is 136 Å². The maximum absolute atomic E-state index is 10.8. The summed E-state index contributed by atoms with van der Waals surface area (Å²) >= 11 is 5.82. The minimum atomic E-state index is -1.47. The number of hydrogen-bond acceptors (Lipinski definition) is 6. The Morgan fingerprint density at radius 1 is 1.50 bits per heavy atom. The minimum absolute atomic E-state index is 0.0111. The van der Waals surface area contributed by atoms with Crippen molar-refractivity contribution >= 4 is 34.5 Å². The van der Waals surface area contributed by atoms with E-state index in [1.807, 2.05) is 0 Å². The lowest BCUT2D eigenvalue weighted by Gasteiger charge is -1.94. The van der Waals surface area contributed by atoms with E-state index >= 15 is 0 Å². The Bertz CT molecular complexity index is 902. The summed E-state index contributed by atoms with van der Waals surface area (Å²) in [5.41, 5.74) is 0.534. The smallest absolute Gasteiger partial charge is 0.449 e. The second-order valence-corrected chi connectivity index (χ2v) is 4.53. The standard InChI is InChI=1S/C11H6ClN5O5/c12-6-1-7-8(2-9(6)17(20)21)15-10(14-7)16-4-5(3-13-16)22-11(18)19/h1-4H,(H,14,15)(H,18,19). The molecule has 2 aromatic heterocycles. The van der Waals surface area contributed by atoms with Crippen LogP contribution in [0.5, 0.6) is 5.75 Å². The third kappa shape index (κ3) is 2.42. The summed E-state index contributed by atoms with van der Waals surface area (Å²) in [7, 11) is 0. The first kappa shape index (κ1) is 13.8. The molecule has 3 aromatic rings. The Kier molecular flexibility index (Phi) is 3.14. The van der Waals surface area contributed by atoms with E-state index in [2.05, 4.69) is 19.8 Å². The second-order valence-electron chi connectivity index (χ2n) is 4.13. The number of halogens is 1. The Balaban J connectivity index is 2.03. The molecular formula is C11H6ClN5O5. The quantitative estimate of drug-likeness (QED) is 0.429. The molecule has 11 heteroatoms. The van der Waals surface area contributed by atoms with Crippen LogP contribution < -0.4 is 4.74 Å². The van der Waals surface area contributed by atoms with E-state index < -0.39 is 11.1 Å². The number of carbonyl (C=O) groups is 1. The Morgan fingerprint density at radius 3 is 2.95 bits per heavy atom. The van der Waals surface area contributed by atoms with Crippen LogP contribution in [0.25, 0.3) is 17.0 Å². The number of hydrogen-bond donors (Lipinski definition) is 2. The van der Waals surface area contributed by atoms with E-state index in [1.165, 1.54) is 29.2 Å². The molecule has 0 unspecified atom stereocenters. The molecule has 0 bridgehead atoms. The zero-order chi connectivity index (χ0) is 15.9. The van der Waals surface area contributed by atoms with Crippen molar-refractivity contribution in [1.82, 2.24) is 19.7 Å². The maximum atomic E-state index is 10.8. The first-order valence-corrected chi connectivity index (χ1v) is 6.11. The predicted molar refractivity (Wildman–Crippen MR) is 73.5 cm³/mol. The number of nitrogens with one attached hydrogen (secondary N) is 1. The fourth-order valence-corrected chi connectivity index (χ4v) is 2.06. The summed E-state index contributed by atoms with van der Waals surface area (Å²) in [4.78, 5) is 27.7. The number of nitrogens with zero attached hydrogens (tertiary/aromatic N) is 4. The molecule has 0 saturated heterocycles. The molecule has 2 N–H and O–H groups in total. The zero-order valence-corrected chi connectivity index (χ0v) is 11.3. The third-order valence-electron chi connectivity index (χ3n) is 2.72. The molecule has 2 heterocycles. The van der Waals surface area contributed by atoms with E-state index in [1.54, 1.807) is 0 Å². The minimum Gasteiger partial charge on any atom is -0.449 e. The Hall–Kier alpha value is -3.14. The van der Waals surface area contributed by atoms with Crippen molar-refractivity contribution in [1.29, 1.82) is 0 Å². The molecule has 0 aliphatic carbocycles. The summed E-state index contributed by atoms with van der Waals surface area (Å²) in [6.45, 7) is 0. The van der Waals surface area contributed by atoms with Crippen LogP contribution in [0.4, 0.5) is 10.5 Å². The van der Waals surface area contributed by atoms with Gasteiger partial charge in [-0.25, -0.2) is 14.5 Å². The van der Waals surface area contributed by atoms with Gasteiger partial charge in [0.05, 0.1) is 28.4 Å². The van der Waals surface area contributed by atoms with E-state index in [0.717, 1.165) is 0 Å². The van der Waals surface area contributed by atoms with Crippen molar-refractivity contribution in [2.24, 2.45) is 0 Å². The molecule has 112 valence electrons. The van der Waals surface area contributed by atoms with Gasteiger partial charge in [-0.3, -0.25) is 10.1 Å². The van der Waals surface area contributed by atoms with Gasteiger partial charge in [-0.2, -0.15) is 5.10 Å². The fraction of sp³-hybridized carbons (Fsp3) is 0. The summed E-state index contributed by atoms with van der Waals surface area (Å²) in [5, 5.41) is 23.2. The molecule has 0 atom stereocenters. The number of aromatic amines is 1. The van der Waals surface area contributed by atoms with Gasteiger partial charge in [0.25, 0.3) is 5.69 Å². The molecule has 0 aliphatic rings. The van der Waals surface area contributed by atoms with Crippen LogP contribution in [0.2, 0.25) is 5.02 Å². The monoisotopic (exact) mass is 323 g/mol. The Labute approximate surface area is 126 Å². The normalized spacial score (nSPS) is 10.8. The van der Waals surface area contributed by atoms with Crippen molar-refractivity contribution in [2.45, 2.75) is 0 Å². The number of rotatable bonds is 3. The van der Waals surface area contributed by atoms with Crippen molar-refractivity contribution in [3.63, 3.8) is 0 Å².